The van der Waals surface area contributed by atoms with Gasteiger partial charge in [-0.05, 0) is 61.8 Å². The number of hydrogen-bond donors (Lipinski definition) is 0. The molecule has 0 spiro atoms. The van der Waals surface area contributed by atoms with Crippen LogP contribution in [-0.4, -0.2) is 11.8 Å². The molecule has 0 saturated heterocycles. The van der Waals surface area contributed by atoms with Crippen molar-refractivity contribution in [2.24, 2.45) is 0 Å². The SMILES string of the molecule is ClCCCCCCc1cc(Br)c(CCCCCCCl)cc1Br. The van der Waals surface area contributed by atoms with Crippen LogP contribution in [0.25, 0.3) is 0 Å². The van der Waals surface area contributed by atoms with Crippen LogP contribution in [0.5, 0.6) is 0 Å². The van der Waals surface area contributed by atoms with E-state index < -0.39 is 0 Å². The third kappa shape index (κ3) is 8.57. The molecule has 1 aromatic rings. The summed E-state index contributed by atoms with van der Waals surface area (Å²) < 4.78 is 2.51. The van der Waals surface area contributed by atoms with Gasteiger partial charge in [-0.1, -0.05) is 57.5 Å². The van der Waals surface area contributed by atoms with Crippen molar-refractivity contribution >= 4 is 55.1 Å². The van der Waals surface area contributed by atoms with Crippen molar-refractivity contribution in [2.45, 2.75) is 64.2 Å². The highest BCUT2D eigenvalue weighted by Crippen LogP contribution is 2.28. The third-order valence-corrected chi connectivity index (χ3v) is 5.89. The van der Waals surface area contributed by atoms with E-state index in [4.69, 9.17) is 23.2 Å². The molecule has 0 N–H and O–H groups in total. The van der Waals surface area contributed by atoms with Crippen molar-refractivity contribution in [3.63, 3.8) is 0 Å². The van der Waals surface area contributed by atoms with Gasteiger partial charge in [0.05, 0.1) is 0 Å². The Bertz CT molecular complexity index is 382. The van der Waals surface area contributed by atoms with Gasteiger partial charge in [0.25, 0.3) is 0 Å². The van der Waals surface area contributed by atoms with Crippen LogP contribution in [0.1, 0.15) is 62.5 Å². The number of rotatable bonds is 12. The molecule has 0 fully saturated rings. The topological polar surface area (TPSA) is 0 Å². The first kappa shape index (κ1) is 20.8. The second-order valence-electron chi connectivity index (χ2n) is 5.74. The van der Waals surface area contributed by atoms with Gasteiger partial charge >= 0.3 is 0 Å². The molecule has 0 unspecified atom stereocenters. The Kier molecular flexibility index (Phi) is 12.4. The quantitative estimate of drug-likeness (QED) is 0.214. The van der Waals surface area contributed by atoms with Crippen LogP contribution in [0, 0.1) is 0 Å². The second kappa shape index (κ2) is 13.1. The summed E-state index contributed by atoms with van der Waals surface area (Å²) in [6.45, 7) is 0. The van der Waals surface area contributed by atoms with E-state index in [0.29, 0.717) is 0 Å². The van der Waals surface area contributed by atoms with Gasteiger partial charge in [-0.15, -0.1) is 23.2 Å². The summed E-state index contributed by atoms with van der Waals surface area (Å²) in [5, 5.41) is 0. The van der Waals surface area contributed by atoms with Crippen molar-refractivity contribution in [3.8, 4) is 0 Å². The molecule has 126 valence electrons. The fourth-order valence-corrected chi connectivity index (χ4v) is 4.10. The molecule has 4 heteroatoms. The molecule has 0 bridgehead atoms. The molecule has 0 nitrogen and oxygen atoms in total. The van der Waals surface area contributed by atoms with Gasteiger partial charge in [0.1, 0.15) is 0 Å². The Morgan fingerprint density at radius 1 is 0.591 bits per heavy atom. The monoisotopic (exact) mass is 470 g/mol. The lowest BCUT2D eigenvalue weighted by molar-refractivity contribution is 0.664. The van der Waals surface area contributed by atoms with Crippen molar-refractivity contribution in [1.82, 2.24) is 0 Å². The molecular formula is C18H26Br2Cl2. The largest absolute Gasteiger partial charge is 0.127 e. The summed E-state index contributed by atoms with van der Waals surface area (Å²) in [7, 11) is 0. The molecule has 1 aromatic carbocycles. The molecule has 0 aliphatic rings. The molecule has 0 radical (unpaired) electrons. The summed E-state index contributed by atoms with van der Waals surface area (Å²) in [5.74, 6) is 1.57. The first-order valence-electron chi connectivity index (χ1n) is 8.27. The predicted octanol–water partition coefficient (Wildman–Crippen LogP) is 7.90. The highest BCUT2D eigenvalue weighted by Gasteiger charge is 2.07. The Hall–Kier alpha value is 0.760. The van der Waals surface area contributed by atoms with Crippen LogP contribution >= 0.6 is 55.1 Å². The number of alkyl halides is 2. The van der Waals surface area contributed by atoms with Gasteiger partial charge in [-0.2, -0.15) is 0 Å². The van der Waals surface area contributed by atoms with Gasteiger partial charge in [0.2, 0.25) is 0 Å². The van der Waals surface area contributed by atoms with Crippen molar-refractivity contribution in [2.75, 3.05) is 11.8 Å². The average Bonchev–Trinajstić information content (AvgIpc) is 2.51. The summed E-state index contributed by atoms with van der Waals surface area (Å²) in [6.07, 6.45) is 12.0. The van der Waals surface area contributed by atoms with Crippen molar-refractivity contribution < 1.29 is 0 Å². The number of hydrogen-bond acceptors (Lipinski definition) is 0. The summed E-state index contributed by atoms with van der Waals surface area (Å²) in [5.41, 5.74) is 2.81. The minimum atomic E-state index is 0.787. The van der Waals surface area contributed by atoms with E-state index in [1.54, 1.807) is 0 Å². The van der Waals surface area contributed by atoms with Gasteiger partial charge in [0.15, 0.2) is 0 Å². The number of halogens is 4. The Morgan fingerprint density at radius 2 is 0.955 bits per heavy atom. The average molecular weight is 473 g/mol. The molecule has 0 saturated carbocycles. The van der Waals surface area contributed by atoms with Crippen LogP contribution in [0.15, 0.2) is 21.1 Å². The van der Waals surface area contributed by atoms with Gasteiger partial charge in [0, 0.05) is 20.7 Å². The highest BCUT2D eigenvalue weighted by atomic mass is 79.9. The maximum atomic E-state index is 5.71. The molecule has 1 rings (SSSR count). The van der Waals surface area contributed by atoms with E-state index in [2.05, 4.69) is 44.0 Å². The zero-order valence-corrected chi connectivity index (χ0v) is 17.8. The standard InChI is InChI=1S/C18H26Br2Cl2/c19-17-14-16(10-6-2-4-8-12-22)18(20)13-15(17)9-5-1-3-7-11-21/h13-14H,1-12H2. The van der Waals surface area contributed by atoms with Gasteiger partial charge in [-0.25, -0.2) is 0 Å². The van der Waals surface area contributed by atoms with Crippen LogP contribution in [0.2, 0.25) is 0 Å². The normalized spacial score (nSPS) is 11.1. The number of benzene rings is 1. The Morgan fingerprint density at radius 3 is 1.32 bits per heavy atom. The van der Waals surface area contributed by atoms with Crippen molar-refractivity contribution in [3.05, 3.63) is 32.2 Å². The number of unbranched alkanes of at least 4 members (excludes halogenated alkanes) is 6. The van der Waals surface area contributed by atoms with Crippen molar-refractivity contribution in [1.29, 1.82) is 0 Å². The van der Waals surface area contributed by atoms with Gasteiger partial charge in [-0.3, -0.25) is 0 Å². The van der Waals surface area contributed by atoms with E-state index in [1.165, 1.54) is 58.6 Å². The predicted molar refractivity (Wildman–Crippen MR) is 108 cm³/mol. The minimum Gasteiger partial charge on any atom is -0.127 e. The number of aryl methyl sites for hydroxylation is 2. The van der Waals surface area contributed by atoms with E-state index in [9.17, 15) is 0 Å². The molecule has 0 amide bonds. The van der Waals surface area contributed by atoms with Gasteiger partial charge < -0.3 is 0 Å². The summed E-state index contributed by atoms with van der Waals surface area (Å²) >= 11 is 18.9. The molecule has 0 aromatic heterocycles. The molecule has 0 heterocycles. The highest BCUT2D eigenvalue weighted by molar-refractivity contribution is 9.11. The zero-order valence-electron chi connectivity index (χ0n) is 13.2. The zero-order chi connectivity index (χ0) is 16.2. The fourth-order valence-electron chi connectivity index (χ4n) is 2.54. The van der Waals surface area contributed by atoms with E-state index >= 15 is 0 Å². The maximum absolute atomic E-state index is 5.71. The lowest BCUT2D eigenvalue weighted by Crippen LogP contribution is -1.94. The molecule has 0 aliphatic heterocycles. The second-order valence-corrected chi connectivity index (χ2v) is 8.21. The Labute approximate surface area is 162 Å². The maximum Gasteiger partial charge on any atom is 0.0223 e. The minimum absolute atomic E-state index is 0.787. The lowest BCUT2D eigenvalue weighted by Gasteiger charge is -2.10. The van der Waals surface area contributed by atoms with E-state index in [-0.39, 0.29) is 0 Å². The fraction of sp³-hybridized carbons (Fsp3) is 0.667. The van der Waals surface area contributed by atoms with Crippen LogP contribution < -0.4 is 0 Å². The molecule has 22 heavy (non-hydrogen) atoms. The molecule has 0 aliphatic carbocycles. The molecule has 0 atom stereocenters. The van der Waals surface area contributed by atoms with E-state index in [0.717, 1.165) is 37.4 Å². The van der Waals surface area contributed by atoms with Crippen LogP contribution in [-0.2, 0) is 12.8 Å². The third-order valence-electron chi connectivity index (χ3n) is 3.87. The van der Waals surface area contributed by atoms with Crippen LogP contribution in [0.4, 0.5) is 0 Å². The first-order valence-corrected chi connectivity index (χ1v) is 10.9. The molecular weight excluding hydrogens is 447 g/mol. The Balaban J connectivity index is 2.42. The lowest BCUT2D eigenvalue weighted by atomic mass is 10.0. The summed E-state index contributed by atoms with van der Waals surface area (Å²) in [4.78, 5) is 0. The summed E-state index contributed by atoms with van der Waals surface area (Å²) in [6, 6.07) is 4.58. The smallest absolute Gasteiger partial charge is 0.0223 e. The first-order chi connectivity index (χ1) is 10.7. The van der Waals surface area contributed by atoms with E-state index in [1.807, 2.05) is 0 Å². The van der Waals surface area contributed by atoms with Crippen LogP contribution in [0.3, 0.4) is 0 Å².